The molecule has 4 nitrogen and oxygen atoms in total. The smallest absolute Gasteiger partial charge is 0.232 e. The second-order valence-electron chi connectivity index (χ2n) is 5.44. The summed E-state index contributed by atoms with van der Waals surface area (Å²) in [5.41, 5.74) is 3.74. The van der Waals surface area contributed by atoms with Gasteiger partial charge in [0.05, 0.1) is 16.8 Å². The summed E-state index contributed by atoms with van der Waals surface area (Å²) in [5, 5.41) is 11.0. The first-order valence-corrected chi connectivity index (χ1v) is 8.71. The van der Waals surface area contributed by atoms with E-state index < -0.39 is 0 Å². The van der Waals surface area contributed by atoms with E-state index in [1.165, 1.54) is 22.9 Å². The van der Waals surface area contributed by atoms with Crippen LogP contribution in [0.15, 0.2) is 23.2 Å². The van der Waals surface area contributed by atoms with Gasteiger partial charge in [0, 0.05) is 18.5 Å². The molecule has 1 heterocycles. The van der Waals surface area contributed by atoms with Crippen molar-refractivity contribution in [1.82, 2.24) is 9.88 Å². The average molecular weight is 327 g/mol. The minimum Gasteiger partial charge on any atom is -0.343 e. The Kier molecular flexibility index (Phi) is 5.62. The summed E-state index contributed by atoms with van der Waals surface area (Å²) in [6, 6.07) is 8.13. The monoisotopic (exact) mass is 327 g/mol. The van der Waals surface area contributed by atoms with Gasteiger partial charge in [0.2, 0.25) is 5.91 Å². The lowest BCUT2D eigenvalue weighted by Crippen LogP contribution is -2.31. The first-order chi connectivity index (χ1) is 11.0. The van der Waals surface area contributed by atoms with Gasteiger partial charge < -0.3 is 4.90 Å². The van der Waals surface area contributed by atoms with Crippen molar-refractivity contribution >= 4 is 28.6 Å². The fourth-order valence-electron chi connectivity index (χ4n) is 2.41. The minimum absolute atomic E-state index is 0.0749. The molecule has 0 saturated heterocycles. The van der Waals surface area contributed by atoms with Crippen LogP contribution in [0.4, 0.5) is 0 Å². The van der Waals surface area contributed by atoms with Crippen LogP contribution in [0.2, 0.25) is 0 Å². The first-order valence-electron chi connectivity index (χ1n) is 7.72. The Morgan fingerprint density at radius 2 is 1.87 bits per heavy atom. The van der Waals surface area contributed by atoms with Crippen molar-refractivity contribution in [2.45, 2.75) is 32.7 Å². The number of carbonyl (C=O) groups is 1. The summed E-state index contributed by atoms with van der Waals surface area (Å²) >= 11 is 1.34. The van der Waals surface area contributed by atoms with Gasteiger partial charge >= 0.3 is 0 Å². The summed E-state index contributed by atoms with van der Waals surface area (Å²) in [5.74, 6) is 0.380. The van der Waals surface area contributed by atoms with Crippen LogP contribution in [-0.2, 0) is 4.79 Å². The third-order valence-corrected chi connectivity index (χ3v) is 4.94. The molecule has 0 N–H and O–H groups in total. The zero-order chi connectivity index (χ0) is 17.0. The van der Waals surface area contributed by atoms with E-state index >= 15 is 0 Å². The number of thioether (sulfide) groups is 1. The van der Waals surface area contributed by atoms with E-state index in [4.69, 9.17) is 0 Å². The number of amides is 1. The molecule has 5 heteroatoms. The number of rotatable bonds is 5. The fourth-order valence-corrected chi connectivity index (χ4v) is 3.28. The van der Waals surface area contributed by atoms with Crippen LogP contribution in [0.25, 0.3) is 10.9 Å². The van der Waals surface area contributed by atoms with Gasteiger partial charge in [-0.2, -0.15) is 5.26 Å². The van der Waals surface area contributed by atoms with Crippen LogP contribution in [0, 0.1) is 25.2 Å². The summed E-state index contributed by atoms with van der Waals surface area (Å²) in [4.78, 5) is 18.5. The number of pyridine rings is 1. The Morgan fingerprint density at radius 3 is 2.48 bits per heavy atom. The largest absolute Gasteiger partial charge is 0.343 e. The Balaban J connectivity index is 2.31. The molecule has 0 unspecified atom stereocenters. The zero-order valence-electron chi connectivity index (χ0n) is 14.0. The van der Waals surface area contributed by atoms with E-state index in [1.54, 1.807) is 4.90 Å². The van der Waals surface area contributed by atoms with Crippen LogP contribution in [0.1, 0.15) is 30.5 Å². The molecule has 2 rings (SSSR count). The van der Waals surface area contributed by atoms with E-state index in [9.17, 15) is 10.1 Å². The van der Waals surface area contributed by atoms with Crippen molar-refractivity contribution in [3.8, 4) is 6.07 Å². The maximum absolute atomic E-state index is 12.1. The van der Waals surface area contributed by atoms with E-state index in [2.05, 4.69) is 11.1 Å². The zero-order valence-corrected chi connectivity index (χ0v) is 14.8. The summed E-state index contributed by atoms with van der Waals surface area (Å²) in [7, 11) is 0. The molecule has 1 amide bonds. The molecule has 0 saturated carbocycles. The van der Waals surface area contributed by atoms with Crippen LogP contribution in [0.3, 0.4) is 0 Å². The number of benzene rings is 1. The van der Waals surface area contributed by atoms with Gasteiger partial charge in [-0.15, -0.1) is 0 Å². The molecule has 1 aromatic carbocycles. The van der Waals surface area contributed by atoms with Crippen molar-refractivity contribution in [2.24, 2.45) is 0 Å². The Labute approximate surface area is 141 Å². The first kappa shape index (κ1) is 17.3. The number of aromatic nitrogens is 1. The molecule has 0 bridgehead atoms. The molecule has 120 valence electrons. The van der Waals surface area contributed by atoms with Gasteiger partial charge in [-0.3, -0.25) is 4.79 Å². The highest BCUT2D eigenvalue weighted by molar-refractivity contribution is 8.00. The SMILES string of the molecule is CCN(CC)C(=O)CSc1nc2cc(C)c(C)cc2cc1C#N. The molecule has 0 radical (unpaired) electrons. The van der Waals surface area contributed by atoms with Crippen LogP contribution in [0.5, 0.6) is 0 Å². The van der Waals surface area contributed by atoms with Gasteiger partial charge in [0.15, 0.2) is 0 Å². The van der Waals surface area contributed by atoms with Crippen molar-refractivity contribution in [3.05, 3.63) is 34.9 Å². The topological polar surface area (TPSA) is 57.0 Å². The molecular formula is C18H21N3OS. The van der Waals surface area contributed by atoms with Crippen molar-refractivity contribution in [3.63, 3.8) is 0 Å². The van der Waals surface area contributed by atoms with Crippen molar-refractivity contribution in [1.29, 1.82) is 5.26 Å². The van der Waals surface area contributed by atoms with Crippen molar-refractivity contribution in [2.75, 3.05) is 18.8 Å². The molecule has 0 aliphatic rings. The molecular weight excluding hydrogens is 306 g/mol. The standard InChI is InChI=1S/C18H21N3OS/c1-5-21(6-2)17(22)11-23-18-15(10-19)9-14-7-12(3)13(4)8-16(14)20-18/h7-9H,5-6,11H2,1-4H3. The van der Waals surface area contributed by atoms with Gasteiger partial charge in [-0.25, -0.2) is 4.98 Å². The normalized spacial score (nSPS) is 10.6. The predicted molar refractivity (Wildman–Crippen MR) is 94.6 cm³/mol. The molecule has 0 aliphatic heterocycles. The Bertz CT molecular complexity index is 776. The van der Waals surface area contributed by atoms with Gasteiger partial charge in [-0.1, -0.05) is 11.8 Å². The van der Waals surface area contributed by atoms with Crippen LogP contribution >= 0.6 is 11.8 Å². The molecule has 2 aromatic rings. The third kappa shape index (κ3) is 3.83. The van der Waals surface area contributed by atoms with E-state index in [-0.39, 0.29) is 5.91 Å². The number of aryl methyl sites for hydroxylation is 2. The highest BCUT2D eigenvalue weighted by Crippen LogP contribution is 2.26. The number of carbonyl (C=O) groups excluding carboxylic acids is 1. The molecule has 1 aromatic heterocycles. The lowest BCUT2D eigenvalue weighted by Gasteiger charge is -2.18. The highest BCUT2D eigenvalue weighted by Gasteiger charge is 2.14. The Morgan fingerprint density at radius 1 is 1.22 bits per heavy atom. The van der Waals surface area contributed by atoms with Gasteiger partial charge in [0.25, 0.3) is 0 Å². The second-order valence-corrected chi connectivity index (χ2v) is 6.40. The summed E-state index contributed by atoms with van der Waals surface area (Å²) in [6.45, 7) is 9.42. The molecule has 0 fully saturated rings. The fraction of sp³-hybridized carbons (Fsp3) is 0.389. The highest BCUT2D eigenvalue weighted by atomic mass is 32.2. The second kappa shape index (κ2) is 7.47. The number of fused-ring (bicyclic) bond motifs is 1. The van der Waals surface area contributed by atoms with Crippen LogP contribution < -0.4 is 0 Å². The number of nitriles is 1. The quantitative estimate of drug-likeness (QED) is 0.786. The molecule has 0 spiro atoms. The lowest BCUT2D eigenvalue weighted by atomic mass is 10.1. The molecule has 0 atom stereocenters. The maximum atomic E-state index is 12.1. The molecule has 23 heavy (non-hydrogen) atoms. The van der Waals surface area contributed by atoms with E-state index in [1.807, 2.05) is 45.9 Å². The number of hydrogen-bond donors (Lipinski definition) is 0. The maximum Gasteiger partial charge on any atom is 0.232 e. The number of nitrogens with zero attached hydrogens (tertiary/aromatic N) is 3. The Hall–Kier alpha value is -2.06. The number of hydrogen-bond acceptors (Lipinski definition) is 4. The minimum atomic E-state index is 0.0749. The molecule has 0 aliphatic carbocycles. The predicted octanol–water partition coefficient (Wildman–Crippen LogP) is 3.68. The van der Waals surface area contributed by atoms with Crippen LogP contribution in [-0.4, -0.2) is 34.6 Å². The lowest BCUT2D eigenvalue weighted by molar-refractivity contribution is -0.127. The summed E-state index contributed by atoms with van der Waals surface area (Å²) < 4.78 is 0. The van der Waals surface area contributed by atoms with E-state index in [0.29, 0.717) is 29.4 Å². The van der Waals surface area contributed by atoms with Gasteiger partial charge in [0.1, 0.15) is 11.1 Å². The third-order valence-electron chi connectivity index (χ3n) is 3.96. The van der Waals surface area contributed by atoms with Crippen molar-refractivity contribution < 1.29 is 4.79 Å². The summed E-state index contributed by atoms with van der Waals surface area (Å²) in [6.07, 6.45) is 0. The average Bonchev–Trinajstić information content (AvgIpc) is 2.54. The van der Waals surface area contributed by atoms with Gasteiger partial charge in [-0.05, 0) is 57.0 Å². The van der Waals surface area contributed by atoms with E-state index in [0.717, 1.165) is 10.9 Å².